The van der Waals surface area contributed by atoms with Gasteiger partial charge in [0.15, 0.2) is 0 Å². The van der Waals surface area contributed by atoms with E-state index in [1.807, 2.05) is 53.5 Å². The number of nitrogens with one attached hydrogen (secondary N) is 1. The molecule has 0 radical (unpaired) electrons. The highest BCUT2D eigenvalue weighted by Crippen LogP contribution is 2.25. The molecule has 0 atom stereocenters. The maximum absolute atomic E-state index is 11.4. The summed E-state index contributed by atoms with van der Waals surface area (Å²) in [5.41, 5.74) is 4.78. The predicted molar refractivity (Wildman–Crippen MR) is 87.1 cm³/mol. The molecule has 0 aromatic heterocycles. The second-order valence-corrected chi connectivity index (χ2v) is 5.40. The van der Waals surface area contributed by atoms with Crippen LogP contribution in [0.3, 0.4) is 0 Å². The number of benzene rings is 2. The van der Waals surface area contributed by atoms with Crippen molar-refractivity contribution in [1.82, 2.24) is 5.43 Å². The van der Waals surface area contributed by atoms with Crippen LogP contribution in [-0.2, 0) is 11.3 Å². The maximum atomic E-state index is 11.4. The number of para-hydroxylation sites is 1. The number of hydrogen-bond donors (Lipinski definition) is 1. The summed E-state index contributed by atoms with van der Waals surface area (Å²) in [5.74, 6) is 0.668. The smallest absolute Gasteiger partial charge is 0.235 e. The largest absolute Gasteiger partial charge is 0.497 e. The fraction of sp³-hybridized carbons (Fsp3) is 0.188. The number of rotatable bonds is 5. The first-order valence-corrected chi connectivity index (χ1v) is 7.31. The summed E-state index contributed by atoms with van der Waals surface area (Å²) in [6.07, 6.45) is 0. The zero-order valence-electron chi connectivity index (χ0n) is 12.0. The summed E-state index contributed by atoms with van der Waals surface area (Å²) >= 11 is 3.53. The molecule has 2 aromatic rings. The lowest BCUT2D eigenvalue weighted by atomic mass is 10.2. The van der Waals surface area contributed by atoms with Crippen LogP contribution in [0.25, 0.3) is 0 Å². The number of amides is 1. The van der Waals surface area contributed by atoms with Gasteiger partial charge in [0.2, 0.25) is 5.91 Å². The lowest BCUT2D eigenvalue weighted by molar-refractivity contribution is -0.119. The lowest BCUT2D eigenvalue weighted by Crippen LogP contribution is -2.40. The van der Waals surface area contributed by atoms with Crippen LogP contribution in [0.2, 0.25) is 0 Å². The minimum Gasteiger partial charge on any atom is -0.497 e. The van der Waals surface area contributed by atoms with Crippen LogP contribution in [0.4, 0.5) is 5.69 Å². The summed E-state index contributed by atoms with van der Waals surface area (Å²) in [4.78, 5) is 11.4. The first-order valence-electron chi connectivity index (χ1n) is 6.52. The number of hydrogen-bond acceptors (Lipinski definition) is 3. The SMILES string of the molecule is COc1ccc(Br)c(CN(NC(C)=O)c2ccccc2)c1. The minimum atomic E-state index is -0.113. The number of nitrogens with zero attached hydrogens (tertiary/aromatic N) is 1. The molecule has 0 bridgehead atoms. The molecule has 21 heavy (non-hydrogen) atoms. The Morgan fingerprint density at radius 2 is 1.95 bits per heavy atom. The summed E-state index contributed by atoms with van der Waals surface area (Å²) < 4.78 is 6.22. The Balaban J connectivity index is 2.29. The second kappa shape index (κ2) is 7.13. The Labute approximate surface area is 132 Å². The fourth-order valence-corrected chi connectivity index (χ4v) is 2.33. The van der Waals surface area contributed by atoms with Gasteiger partial charge < -0.3 is 4.74 Å². The Morgan fingerprint density at radius 1 is 1.24 bits per heavy atom. The van der Waals surface area contributed by atoms with Crippen molar-refractivity contribution in [2.45, 2.75) is 13.5 Å². The molecule has 0 aliphatic carbocycles. The number of carbonyl (C=O) groups excluding carboxylic acids is 1. The van der Waals surface area contributed by atoms with Gasteiger partial charge in [-0.25, -0.2) is 0 Å². The third kappa shape index (κ3) is 4.23. The van der Waals surface area contributed by atoms with Crippen LogP contribution < -0.4 is 15.2 Å². The van der Waals surface area contributed by atoms with E-state index in [0.717, 1.165) is 21.5 Å². The van der Waals surface area contributed by atoms with Crippen molar-refractivity contribution in [1.29, 1.82) is 0 Å². The van der Waals surface area contributed by atoms with Crippen LogP contribution >= 0.6 is 15.9 Å². The second-order valence-electron chi connectivity index (χ2n) is 4.55. The maximum Gasteiger partial charge on any atom is 0.235 e. The van der Waals surface area contributed by atoms with Gasteiger partial charge in [-0.1, -0.05) is 34.1 Å². The van der Waals surface area contributed by atoms with Gasteiger partial charge in [0.25, 0.3) is 0 Å². The van der Waals surface area contributed by atoms with E-state index in [4.69, 9.17) is 4.74 Å². The quantitative estimate of drug-likeness (QED) is 0.840. The molecule has 1 N–H and O–H groups in total. The van der Waals surface area contributed by atoms with Crippen molar-refractivity contribution in [2.24, 2.45) is 0 Å². The fourth-order valence-electron chi connectivity index (χ4n) is 1.96. The molecule has 0 unspecified atom stereocenters. The number of ether oxygens (including phenoxy) is 1. The standard InChI is InChI=1S/C16H17BrN2O2/c1-12(20)18-19(14-6-4-3-5-7-14)11-13-10-15(21-2)8-9-16(13)17/h3-10H,11H2,1-2H3,(H,18,20). The van der Waals surface area contributed by atoms with Crippen LogP contribution in [0.1, 0.15) is 12.5 Å². The van der Waals surface area contributed by atoms with Gasteiger partial charge in [-0.05, 0) is 35.9 Å². The van der Waals surface area contributed by atoms with Crippen molar-refractivity contribution in [3.05, 3.63) is 58.6 Å². The zero-order chi connectivity index (χ0) is 15.2. The average molecular weight is 349 g/mol. The van der Waals surface area contributed by atoms with Gasteiger partial charge in [0.1, 0.15) is 5.75 Å². The molecular weight excluding hydrogens is 332 g/mol. The summed E-state index contributed by atoms with van der Waals surface area (Å²) in [5, 5.41) is 1.81. The summed E-state index contributed by atoms with van der Waals surface area (Å²) in [6.45, 7) is 2.03. The molecule has 0 saturated heterocycles. The molecule has 2 rings (SSSR count). The van der Waals surface area contributed by atoms with Gasteiger partial charge >= 0.3 is 0 Å². The van der Waals surface area contributed by atoms with Gasteiger partial charge in [-0.15, -0.1) is 0 Å². The van der Waals surface area contributed by atoms with Crippen molar-refractivity contribution < 1.29 is 9.53 Å². The highest BCUT2D eigenvalue weighted by Gasteiger charge is 2.11. The monoisotopic (exact) mass is 348 g/mol. The van der Waals surface area contributed by atoms with Crippen LogP contribution in [0.15, 0.2) is 53.0 Å². The molecule has 0 saturated carbocycles. The number of halogens is 1. The molecular formula is C16H17BrN2O2. The van der Waals surface area contributed by atoms with E-state index >= 15 is 0 Å². The van der Waals surface area contributed by atoms with Crippen molar-refractivity contribution in [3.8, 4) is 5.75 Å². The average Bonchev–Trinajstić information content (AvgIpc) is 2.49. The number of carbonyl (C=O) groups is 1. The summed E-state index contributed by atoms with van der Waals surface area (Å²) in [7, 11) is 1.63. The van der Waals surface area contributed by atoms with Crippen LogP contribution in [0.5, 0.6) is 5.75 Å². The molecule has 0 spiro atoms. The molecule has 0 aliphatic rings. The highest BCUT2D eigenvalue weighted by molar-refractivity contribution is 9.10. The summed E-state index contributed by atoms with van der Waals surface area (Å²) in [6, 6.07) is 15.5. The van der Waals surface area contributed by atoms with Gasteiger partial charge in [-0.3, -0.25) is 15.2 Å². The Hall–Kier alpha value is -2.01. The van der Waals surface area contributed by atoms with E-state index in [2.05, 4.69) is 21.4 Å². The third-order valence-electron chi connectivity index (χ3n) is 2.94. The molecule has 5 heteroatoms. The van der Waals surface area contributed by atoms with E-state index in [1.54, 1.807) is 7.11 Å². The van der Waals surface area contributed by atoms with E-state index < -0.39 is 0 Å². The third-order valence-corrected chi connectivity index (χ3v) is 3.72. The Morgan fingerprint density at radius 3 is 2.57 bits per heavy atom. The normalized spacial score (nSPS) is 10.0. The lowest BCUT2D eigenvalue weighted by Gasteiger charge is -2.25. The molecule has 0 heterocycles. The molecule has 0 aliphatic heterocycles. The molecule has 110 valence electrons. The Kier molecular flexibility index (Phi) is 5.22. The predicted octanol–water partition coefficient (Wildman–Crippen LogP) is 3.52. The van der Waals surface area contributed by atoms with Gasteiger partial charge in [0.05, 0.1) is 19.3 Å². The van der Waals surface area contributed by atoms with Gasteiger partial charge in [-0.2, -0.15) is 0 Å². The van der Waals surface area contributed by atoms with Gasteiger partial charge in [0, 0.05) is 11.4 Å². The zero-order valence-corrected chi connectivity index (χ0v) is 13.6. The first-order chi connectivity index (χ1) is 10.1. The molecule has 1 amide bonds. The number of methoxy groups -OCH3 is 1. The van der Waals surface area contributed by atoms with Crippen molar-refractivity contribution in [3.63, 3.8) is 0 Å². The van der Waals surface area contributed by atoms with E-state index in [9.17, 15) is 4.79 Å². The number of hydrazine groups is 1. The first kappa shape index (κ1) is 15.4. The highest BCUT2D eigenvalue weighted by atomic mass is 79.9. The molecule has 2 aromatic carbocycles. The topological polar surface area (TPSA) is 41.6 Å². The van der Waals surface area contributed by atoms with Crippen LogP contribution in [0, 0.1) is 0 Å². The minimum absolute atomic E-state index is 0.113. The van der Waals surface area contributed by atoms with Crippen molar-refractivity contribution >= 4 is 27.5 Å². The van der Waals surface area contributed by atoms with E-state index in [-0.39, 0.29) is 5.91 Å². The van der Waals surface area contributed by atoms with Crippen LogP contribution in [-0.4, -0.2) is 13.0 Å². The number of anilines is 1. The van der Waals surface area contributed by atoms with Crippen molar-refractivity contribution in [2.75, 3.05) is 12.1 Å². The van der Waals surface area contributed by atoms with E-state index in [0.29, 0.717) is 6.54 Å². The Bertz CT molecular complexity index is 617. The molecule has 4 nitrogen and oxygen atoms in total. The van der Waals surface area contributed by atoms with E-state index in [1.165, 1.54) is 6.92 Å². The molecule has 0 fully saturated rings.